The summed E-state index contributed by atoms with van der Waals surface area (Å²) in [5, 5.41) is 0. The maximum Gasteiger partial charge on any atom is 1.00 e. The molecule has 0 radical (unpaired) electrons. The van der Waals surface area contributed by atoms with Gasteiger partial charge in [0.1, 0.15) is 11.6 Å². The monoisotopic (exact) mass is 274 g/mol. The molecule has 1 rings (SSSR count). The van der Waals surface area contributed by atoms with Crippen molar-refractivity contribution < 1.29 is 78.3 Å². The molecule has 0 fully saturated rings. The van der Waals surface area contributed by atoms with Gasteiger partial charge in [0.05, 0.1) is 12.1 Å². The van der Waals surface area contributed by atoms with Gasteiger partial charge in [0.2, 0.25) is 0 Å². The first-order valence-electron chi connectivity index (χ1n) is 4.44. The molecule has 0 amide bonds. The van der Waals surface area contributed by atoms with Crippen LogP contribution in [-0.2, 0) is 0 Å². The second-order valence-electron chi connectivity index (χ2n) is 3.22. The van der Waals surface area contributed by atoms with Crippen LogP contribution < -0.4 is 56.1 Å². The van der Waals surface area contributed by atoms with Crippen LogP contribution in [0, 0.1) is 5.82 Å². The number of halogens is 4. The minimum Gasteiger partial charge on any atom is -0.522 e. The van der Waals surface area contributed by atoms with Crippen LogP contribution in [0.15, 0.2) is 18.2 Å². The molecule has 1 aromatic rings. The predicted molar refractivity (Wildman–Crippen MR) is 51.0 cm³/mol. The van der Waals surface area contributed by atoms with Crippen LogP contribution in [0.5, 0.6) is 5.75 Å². The Morgan fingerprint density at radius 3 is 2.35 bits per heavy atom. The average Bonchev–Trinajstić information content (AvgIpc) is 2.13. The Hall–Kier alpha value is 0.111. The van der Waals surface area contributed by atoms with Crippen molar-refractivity contribution in [2.45, 2.75) is 6.92 Å². The maximum atomic E-state index is 13.1. The van der Waals surface area contributed by atoms with E-state index < -0.39 is 25.1 Å². The molecular weight excluding hydrogens is 266 g/mol. The minimum absolute atomic E-state index is 0. The van der Waals surface area contributed by atoms with E-state index in [9.17, 15) is 22.1 Å². The van der Waals surface area contributed by atoms with Crippen LogP contribution in [0.3, 0.4) is 0 Å². The number of carbonyl (C=O) groups excluding carboxylic acids is 1. The number of ketones is 1. The second-order valence-corrected chi connectivity index (χ2v) is 3.22. The molecule has 0 spiro atoms. The van der Waals surface area contributed by atoms with Crippen molar-refractivity contribution >= 4 is 12.8 Å². The fraction of sp³-hybridized carbons (Fsp3) is 0.222. The van der Waals surface area contributed by atoms with Gasteiger partial charge in [-0.15, -0.1) is 0 Å². The molecule has 0 aliphatic heterocycles. The van der Waals surface area contributed by atoms with Crippen LogP contribution in [0.4, 0.5) is 17.3 Å². The van der Waals surface area contributed by atoms with Gasteiger partial charge in [-0.1, -0.05) is 0 Å². The topological polar surface area (TPSA) is 26.3 Å². The van der Waals surface area contributed by atoms with E-state index in [0.29, 0.717) is 0 Å². The molecule has 88 valence electrons. The molecule has 0 saturated carbocycles. The van der Waals surface area contributed by atoms with Crippen molar-refractivity contribution in [1.82, 2.24) is 0 Å². The van der Waals surface area contributed by atoms with Crippen molar-refractivity contribution in [3.05, 3.63) is 29.6 Å². The Labute approximate surface area is 138 Å². The number of rotatable bonds is 4. The number of ether oxygens (including phenoxy) is 1. The first-order valence-corrected chi connectivity index (χ1v) is 4.44. The molecule has 0 N–H and O–H groups in total. The first kappa shape index (κ1) is 17.1. The molecule has 17 heavy (non-hydrogen) atoms. The van der Waals surface area contributed by atoms with Crippen molar-refractivity contribution in [2.24, 2.45) is 0 Å². The Morgan fingerprint density at radius 2 is 1.94 bits per heavy atom. The van der Waals surface area contributed by atoms with Gasteiger partial charge >= 0.3 is 58.4 Å². The Morgan fingerprint density at radius 1 is 1.35 bits per heavy atom. The van der Waals surface area contributed by atoms with Crippen LogP contribution >= 0.6 is 0 Å². The van der Waals surface area contributed by atoms with Crippen LogP contribution in [-0.4, -0.2) is 19.3 Å². The predicted octanol–water partition coefficient (Wildman–Crippen LogP) is -0.202. The average molecular weight is 274 g/mol. The molecule has 0 heterocycles. The van der Waals surface area contributed by atoms with Gasteiger partial charge in [0.25, 0.3) is 0 Å². The summed E-state index contributed by atoms with van der Waals surface area (Å²) in [5.41, 5.74) is -0.176. The molecule has 0 bridgehead atoms. The molecule has 2 nitrogen and oxygen atoms in total. The van der Waals surface area contributed by atoms with E-state index in [2.05, 4.69) is 4.74 Å². The third kappa shape index (κ3) is 6.01. The van der Waals surface area contributed by atoms with Crippen molar-refractivity contribution in [2.75, 3.05) is 6.51 Å². The quantitative estimate of drug-likeness (QED) is 0.432. The second kappa shape index (κ2) is 6.89. The maximum absolute atomic E-state index is 13.1. The number of hydrogen-bond acceptors (Lipinski definition) is 2. The molecule has 0 aliphatic rings. The summed E-state index contributed by atoms with van der Waals surface area (Å²) in [5.74, 6) is -1.63. The van der Waals surface area contributed by atoms with Gasteiger partial charge in [-0.2, -0.15) is 0 Å². The molecule has 8 heteroatoms. The van der Waals surface area contributed by atoms with Gasteiger partial charge in [-0.25, -0.2) is 4.39 Å². The summed E-state index contributed by atoms with van der Waals surface area (Å²) in [6.45, 7) is -5.34. The molecule has 0 aromatic heterocycles. The van der Waals surface area contributed by atoms with Crippen molar-refractivity contribution in [1.29, 1.82) is 0 Å². The Bertz CT molecular complexity index is 408. The summed E-state index contributed by atoms with van der Waals surface area (Å²) in [4.78, 5) is 10.8. The van der Waals surface area contributed by atoms with E-state index in [-0.39, 0.29) is 62.7 Å². The van der Waals surface area contributed by atoms with E-state index in [1.807, 2.05) is 0 Å². The molecule has 0 atom stereocenters. The molecule has 0 saturated heterocycles. The van der Waals surface area contributed by atoms with Crippen LogP contribution in [0.25, 0.3) is 0 Å². The largest absolute Gasteiger partial charge is 1.00 e. The van der Waals surface area contributed by atoms with Gasteiger partial charge in [-0.3, -0.25) is 4.79 Å². The zero-order valence-electron chi connectivity index (χ0n) is 9.34. The summed E-state index contributed by atoms with van der Waals surface area (Å²) < 4.78 is 53.0. The van der Waals surface area contributed by atoms with E-state index in [0.717, 1.165) is 25.1 Å². The summed E-state index contributed by atoms with van der Waals surface area (Å²) in [7, 11) is 0. The van der Waals surface area contributed by atoms with Gasteiger partial charge < -0.3 is 17.7 Å². The third-order valence-corrected chi connectivity index (χ3v) is 1.76. The fourth-order valence-electron chi connectivity index (χ4n) is 1.06. The van der Waals surface area contributed by atoms with E-state index in [1.165, 1.54) is 0 Å². The Balaban J connectivity index is 0.00000256. The first-order chi connectivity index (χ1) is 7.29. The van der Waals surface area contributed by atoms with Gasteiger partial charge in [0, 0.05) is 6.07 Å². The standard InChI is InChI=1S/C9H8BF4O2.K/c1-6(15)8-3-2-7(4-9(8)11)16-5-10(12,13)14;/h2-4H,5H2,1H3;/q-1;+1. The van der Waals surface area contributed by atoms with Crippen molar-refractivity contribution in [3.63, 3.8) is 0 Å². The molecule has 1 aromatic carbocycles. The van der Waals surface area contributed by atoms with E-state index >= 15 is 0 Å². The van der Waals surface area contributed by atoms with Gasteiger partial charge in [-0.05, 0) is 19.1 Å². The third-order valence-electron chi connectivity index (χ3n) is 1.76. The smallest absolute Gasteiger partial charge is 0.522 e. The van der Waals surface area contributed by atoms with E-state index in [1.54, 1.807) is 0 Å². The zero-order chi connectivity index (χ0) is 12.3. The molecule has 0 unspecified atom stereocenters. The Kier molecular flexibility index (Phi) is 6.93. The SMILES string of the molecule is CC(=O)c1ccc(OC[B-](F)(F)F)cc1F.[K+]. The summed E-state index contributed by atoms with van der Waals surface area (Å²) in [6, 6.07) is 2.98. The van der Waals surface area contributed by atoms with E-state index in [4.69, 9.17) is 0 Å². The zero-order valence-corrected chi connectivity index (χ0v) is 12.5. The number of Topliss-reactive ketones (excluding diaryl/α,β-unsaturated/α-hetero) is 1. The van der Waals surface area contributed by atoms with Crippen LogP contribution in [0.2, 0.25) is 0 Å². The number of hydrogen-bond donors (Lipinski definition) is 0. The number of benzene rings is 1. The summed E-state index contributed by atoms with van der Waals surface area (Å²) >= 11 is 0. The minimum atomic E-state index is -5.07. The van der Waals surface area contributed by atoms with Crippen LogP contribution in [0.1, 0.15) is 17.3 Å². The summed E-state index contributed by atoms with van der Waals surface area (Å²) in [6.07, 6.45) is 0. The van der Waals surface area contributed by atoms with Gasteiger partial charge in [0.15, 0.2) is 5.78 Å². The normalized spacial score (nSPS) is 10.6. The van der Waals surface area contributed by atoms with Crippen molar-refractivity contribution in [3.8, 4) is 5.75 Å². The fourth-order valence-corrected chi connectivity index (χ4v) is 1.06. The molecular formula is C9H8BF4KO2. The molecule has 0 aliphatic carbocycles. The number of carbonyl (C=O) groups is 1.